The molecule has 0 aromatic heterocycles. The molecule has 1 aromatic carbocycles. The van der Waals surface area contributed by atoms with Gasteiger partial charge in [-0.25, -0.2) is 8.78 Å². The van der Waals surface area contributed by atoms with Gasteiger partial charge in [-0.15, -0.1) is 0 Å². The normalized spacial score (nSPS) is 17.9. The highest BCUT2D eigenvalue weighted by Crippen LogP contribution is 2.31. The maximum absolute atomic E-state index is 14.0. The van der Waals surface area contributed by atoms with E-state index in [1.54, 1.807) is 4.90 Å². The second kappa shape index (κ2) is 5.90. The molecule has 19 heavy (non-hydrogen) atoms. The minimum Gasteiger partial charge on any atom is -0.297 e. The second-order valence-corrected chi connectivity index (χ2v) is 4.96. The van der Waals surface area contributed by atoms with Crippen molar-refractivity contribution in [1.82, 2.24) is 4.90 Å². The van der Waals surface area contributed by atoms with Crippen molar-refractivity contribution in [3.8, 4) is 0 Å². The van der Waals surface area contributed by atoms with E-state index in [1.165, 1.54) is 0 Å². The highest BCUT2D eigenvalue weighted by Gasteiger charge is 2.34. The first kappa shape index (κ1) is 14.3. The summed E-state index contributed by atoms with van der Waals surface area (Å²) >= 11 is 0. The summed E-state index contributed by atoms with van der Waals surface area (Å²) in [5.74, 6) is -2.99. The van der Waals surface area contributed by atoms with E-state index >= 15 is 0 Å². The molecule has 1 fully saturated rings. The predicted molar refractivity (Wildman–Crippen MR) is 65.6 cm³/mol. The molecule has 0 aliphatic carbocycles. The highest BCUT2D eigenvalue weighted by atomic mass is 19.3. The van der Waals surface area contributed by atoms with Crippen LogP contribution in [0, 0.1) is 0 Å². The van der Waals surface area contributed by atoms with Crippen molar-refractivity contribution in [3.05, 3.63) is 35.4 Å². The first-order valence-corrected chi connectivity index (χ1v) is 6.48. The van der Waals surface area contributed by atoms with Crippen LogP contribution in [-0.4, -0.2) is 24.5 Å². The molecular formula is C14H17F4N. The highest BCUT2D eigenvalue weighted by molar-refractivity contribution is 5.26. The lowest BCUT2D eigenvalue weighted by molar-refractivity contribution is -0.0416. The summed E-state index contributed by atoms with van der Waals surface area (Å²) in [7, 11) is 0. The van der Waals surface area contributed by atoms with Crippen molar-refractivity contribution >= 4 is 0 Å². The van der Waals surface area contributed by atoms with Gasteiger partial charge in [0.05, 0.1) is 6.54 Å². The van der Waals surface area contributed by atoms with Crippen molar-refractivity contribution in [1.29, 1.82) is 0 Å². The molecule has 1 aromatic rings. The van der Waals surface area contributed by atoms with Crippen molar-refractivity contribution in [2.24, 2.45) is 0 Å². The van der Waals surface area contributed by atoms with Gasteiger partial charge in [-0.05, 0) is 25.9 Å². The van der Waals surface area contributed by atoms with Gasteiger partial charge in [-0.1, -0.05) is 30.7 Å². The quantitative estimate of drug-likeness (QED) is 0.744. The maximum Gasteiger partial charge on any atom is 0.285 e. The van der Waals surface area contributed by atoms with Gasteiger partial charge < -0.3 is 0 Å². The standard InChI is InChI=1S/C14H17F4N/c15-13(16)11-4-6-12(7-5-11)14(17,18)10-19-8-2-1-3-9-19/h4-7,13H,1-3,8-10H2. The van der Waals surface area contributed by atoms with Crippen LogP contribution >= 0.6 is 0 Å². The molecule has 0 bridgehead atoms. The Morgan fingerprint density at radius 2 is 1.58 bits per heavy atom. The van der Waals surface area contributed by atoms with Crippen LogP contribution in [0.15, 0.2) is 24.3 Å². The molecule has 1 aliphatic heterocycles. The minimum absolute atomic E-state index is 0.192. The molecular weight excluding hydrogens is 258 g/mol. The zero-order chi connectivity index (χ0) is 13.9. The third kappa shape index (κ3) is 3.69. The summed E-state index contributed by atoms with van der Waals surface area (Å²) in [5.41, 5.74) is -0.417. The van der Waals surface area contributed by atoms with Gasteiger partial charge in [0.15, 0.2) is 0 Å². The largest absolute Gasteiger partial charge is 0.297 e. The van der Waals surface area contributed by atoms with Gasteiger partial charge in [0.2, 0.25) is 0 Å². The van der Waals surface area contributed by atoms with Crippen LogP contribution in [0.1, 0.15) is 36.8 Å². The molecule has 0 amide bonds. The Bertz CT molecular complexity index is 396. The predicted octanol–water partition coefficient (Wildman–Crippen LogP) is 4.20. The number of nitrogens with zero attached hydrogens (tertiary/aromatic N) is 1. The van der Waals surface area contributed by atoms with Crippen LogP contribution in [0.4, 0.5) is 17.6 Å². The van der Waals surface area contributed by atoms with Gasteiger partial charge in [0, 0.05) is 11.1 Å². The van der Waals surface area contributed by atoms with Gasteiger partial charge in [-0.2, -0.15) is 8.78 Å². The summed E-state index contributed by atoms with van der Waals surface area (Å²) in [6.07, 6.45) is 0.358. The molecule has 0 spiro atoms. The van der Waals surface area contributed by atoms with E-state index in [4.69, 9.17) is 0 Å². The molecule has 1 heterocycles. The van der Waals surface area contributed by atoms with E-state index in [-0.39, 0.29) is 17.7 Å². The molecule has 0 atom stereocenters. The van der Waals surface area contributed by atoms with E-state index in [0.717, 1.165) is 43.5 Å². The third-order valence-corrected chi connectivity index (χ3v) is 3.46. The van der Waals surface area contributed by atoms with E-state index in [2.05, 4.69) is 0 Å². The van der Waals surface area contributed by atoms with E-state index in [0.29, 0.717) is 13.1 Å². The zero-order valence-electron chi connectivity index (χ0n) is 10.6. The topological polar surface area (TPSA) is 3.24 Å². The number of hydrogen-bond donors (Lipinski definition) is 0. The SMILES string of the molecule is FC(F)c1ccc(C(F)(F)CN2CCCCC2)cc1. The lowest BCUT2D eigenvalue weighted by atomic mass is 10.0. The summed E-state index contributed by atoms with van der Waals surface area (Å²) in [5, 5.41) is 0. The molecule has 0 unspecified atom stereocenters. The van der Waals surface area contributed by atoms with Crippen LogP contribution in [0.5, 0.6) is 0 Å². The number of likely N-dealkylation sites (tertiary alicyclic amines) is 1. The summed E-state index contributed by atoms with van der Waals surface area (Å²) in [6, 6.07) is 4.35. The number of benzene rings is 1. The average molecular weight is 275 g/mol. The van der Waals surface area contributed by atoms with Crippen molar-refractivity contribution < 1.29 is 17.6 Å². The summed E-state index contributed by atoms with van der Waals surface area (Å²) < 4.78 is 52.8. The van der Waals surface area contributed by atoms with Crippen molar-refractivity contribution in [2.75, 3.05) is 19.6 Å². The van der Waals surface area contributed by atoms with Gasteiger partial charge in [0.25, 0.3) is 12.3 Å². The molecule has 0 N–H and O–H groups in total. The third-order valence-electron chi connectivity index (χ3n) is 3.46. The first-order valence-electron chi connectivity index (χ1n) is 6.48. The smallest absolute Gasteiger partial charge is 0.285 e. The van der Waals surface area contributed by atoms with Crippen LogP contribution in [0.2, 0.25) is 0 Å². The van der Waals surface area contributed by atoms with Gasteiger partial charge in [0.1, 0.15) is 0 Å². The van der Waals surface area contributed by atoms with Crippen LogP contribution in [0.3, 0.4) is 0 Å². The maximum atomic E-state index is 14.0. The Morgan fingerprint density at radius 3 is 2.11 bits per heavy atom. The Hall–Kier alpha value is -1.10. The lowest BCUT2D eigenvalue weighted by Gasteiger charge is -2.30. The van der Waals surface area contributed by atoms with Crippen LogP contribution in [-0.2, 0) is 5.92 Å². The molecule has 0 saturated carbocycles. The molecule has 1 nitrogen and oxygen atoms in total. The monoisotopic (exact) mass is 275 g/mol. The number of rotatable bonds is 4. The van der Waals surface area contributed by atoms with Crippen LogP contribution < -0.4 is 0 Å². The van der Waals surface area contributed by atoms with Crippen LogP contribution in [0.25, 0.3) is 0 Å². The Morgan fingerprint density at radius 1 is 1.00 bits per heavy atom. The number of alkyl halides is 4. The average Bonchev–Trinajstić information content (AvgIpc) is 2.39. The fraction of sp³-hybridized carbons (Fsp3) is 0.571. The van der Waals surface area contributed by atoms with Crippen molar-refractivity contribution in [3.63, 3.8) is 0 Å². The van der Waals surface area contributed by atoms with E-state index in [9.17, 15) is 17.6 Å². The fourth-order valence-electron chi connectivity index (χ4n) is 2.36. The lowest BCUT2D eigenvalue weighted by Crippen LogP contribution is -2.38. The van der Waals surface area contributed by atoms with E-state index < -0.39 is 12.3 Å². The van der Waals surface area contributed by atoms with Crippen molar-refractivity contribution in [2.45, 2.75) is 31.6 Å². The van der Waals surface area contributed by atoms with Gasteiger partial charge >= 0.3 is 0 Å². The first-order chi connectivity index (χ1) is 8.99. The zero-order valence-corrected chi connectivity index (χ0v) is 10.6. The number of hydrogen-bond acceptors (Lipinski definition) is 1. The molecule has 106 valence electrons. The molecule has 2 rings (SSSR count). The summed E-state index contributed by atoms with van der Waals surface area (Å²) in [6.45, 7) is 1.04. The van der Waals surface area contributed by atoms with E-state index in [1.807, 2.05) is 0 Å². The molecule has 5 heteroatoms. The van der Waals surface area contributed by atoms with Gasteiger partial charge in [-0.3, -0.25) is 4.90 Å². The minimum atomic E-state index is -2.99. The summed E-state index contributed by atoms with van der Waals surface area (Å²) in [4.78, 5) is 1.74. The fourth-order valence-corrected chi connectivity index (χ4v) is 2.36. The Kier molecular flexibility index (Phi) is 4.45. The molecule has 0 radical (unpaired) electrons. The molecule has 1 aliphatic rings. The molecule has 1 saturated heterocycles. The Balaban J connectivity index is 2.05. The Labute approximate surface area is 110 Å². The number of piperidine rings is 1. The number of halogens is 4. The second-order valence-electron chi connectivity index (χ2n) is 4.96.